The molecule has 0 aliphatic heterocycles. The Labute approximate surface area is 352 Å². The summed E-state index contributed by atoms with van der Waals surface area (Å²) in [5.74, 6) is -5.59. The van der Waals surface area contributed by atoms with Crippen molar-refractivity contribution in [1.82, 2.24) is 31.9 Å². The van der Waals surface area contributed by atoms with E-state index in [1.807, 2.05) is 32.9 Å². The molecule has 0 radical (unpaired) electrons. The Bertz CT molecular complexity index is 1750. The van der Waals surface area contributed by atoms with E-state index in [0.717, 1.165) is 5.56 Å². The van der Waals surface area contributed by atoms with Gasteiger partial charge in [-0.3, -0.25) is 28.8 Å². The minimum absolute atomic E-state index is 0.00487. The minimum Gasteiger partial charge on any atom is -0.481 e. The van der Waals surface area contributed by atoms with Gasteiger partial charge < -0.3 is 51.8 Å². The fraction of sp³-hybridized carbons (Fsp3) is 0.548. The maximum atomic E-state index is 14.3. The maximum Gasteiger partial charge on any atom is 0.451 e. The van der Waals surface area contributed by atoms with Crippen LogP contribution in [-0.4, -0.2) is 101 Å². The third kappa shape index (κ3) is 18.2. The Morgan fingerprint density at radius 3 is 1.88 bits per heavy atom. The Kier molecular flexibility index (Phi) is 20.7. The van der Waals surface area contributed by atoms with Crippen molar-refractivity contribution >= 4 is 48.7 Å². The summed E-state index contributed by atoms with van der Waals surface area (Å²) < 4.78 is 5.17. The number of benzene rings is 2. The van der Waals surface area contributed by atoms with E-state index in [4.69, 9.17) is 14.8 Å². The van der Waals surface area contributed by atoms with E-state index >= 15 is 0 Å². The van der Waals surface area contributed by atoms with Crippen molar-refractivity contribution in [1.29, 1.82) is 0 Å². The van der Waals surface area contributed by atoms with Gasteiger partial charge in [-0.2, -0.15) is 0 Å². The van der Waals surface area contributed by atoms with Gasteiger partial charge in [0.15, 0.2) is 0 Å². The molecular formula is C42H63BN6O11. The highest BCUT2D eigenvalue weighted by atomic mass is 16.5. The average Bonchev–Trinajstić information content (AvgIpc) is 3.15. The highest BCUT2D eigenvalue weighted by molar-refractivity contribution is 6.40. The largest absolute Gasteiger partial charge is 0.481 e. The Morgan fingerprint density at radius 1 is 0.717 bits per heavy atom. The van der Waals surface area contributed by atoms with Crippen LogP contribution in [0.1, 0.15) is 84.4 Å². The van der Waals surface area contributed by atoms with Gasteiger partial charge in [0, 0.05) is 13.0 Å². The van der Waals surface area contributed by atoms with Crippen molar-refractivity contribution in [3.63, 3.8) is 0 Å². The van der Waals surface area contributed by atoms with Gasteiger partial charge in [-0.1, -0.05) is 103 Å². The van der Waals surface area contributed by atoms with Crippen LogP contribution in [0.15, 0.2) is 54.6 Å². The van der Waals surface area contributed by atoms with Crippen molar-refractivity contribution in [3.05, 3.63) is 71.3 Å². The number of carbonyl (C=O) groups is 7. The van der Waals surface area contributed by atoms with E-state index in [-0.39, 0.29) is 38.2 Å². The molecule has 0 heterocycles. The molecule has 0 fully saturated rings. The summed E-state index contributed by atoms with van der Waals surface area (Å²) in [6.07, 6.45) is -1.26. The zero-order valence-electron chi connectivity index (χ0n) is 35.9. The van der Waals surface area contributed by atoms with Crippen molar-refractivity contribution in [2.75, 3.05) is 6.54 Å². The van der Waals surface area contributed by atoms with Gasteiger partial charge >= 0.3 is 19.2 Å². The van der Waals surface area contributed by atoms with E-state index < -0.39 is 96.7 Å². The van der Waals surface area contributed by atoms with E-state index in [9.17, 15) is 38.7 Å². The van der Waals surface area contributed by atoms with Gasteiger partial charge in [0.1, 0.15) is 36.8 Å². The molecule has 6 amide bonds. The number of hydrogen-bond acceptors (Lipinski definition) is 10. The highest BCUT2D eigenvalue weighted by Gasteiger charge is 2.38. The monoisotopic (exact) mass is 838 g/mol. The van der Waals surface area contributed by atoms with Crippen LogP contribution in [0.2, 0.25) is 6.32 Å². The lowest BCUT2D eigenvalue weighted by molar-refractivity contribution is -0.140. The summed E-state index contributed by atoms with van der Waals surface area (Å²) in [7, 11) is -1.51. The molecule has 0 aromatic heterocycles. The molecule has 17 nitrogen and oxygen atoms in total. The van der Waals surface area contributed by atoms with Crippen molar-refractivity contribution < 1.29 is 53.5 Å². The van der Waals surface area contributed by atoms with Crippen molar-refractivity contribution in [2.24, 2.45) is 17.3 Å². The van der Waals surface area contributed by atoms with Crippen LogP contribution in [0.3, 0.4) is 0 Å². The first-order valence-corrected chi connectivity index (χ1v) is 20.2. The molecule has 2 aromatic rings. The summed E-state index contributed by atoms with van der Waals surface area (Å²) in [4.78, 5) is 93.3. The third-order valence-electron chi connectivity index (χ3n) is 9.46. The maximum absolute atomic E-state index is 14.3. The molecule has 18 heteroatoms. The van der Waals surface area contributed by atoms with Gasteiger partial charge in [0.25, 0.3) is 0 Å². The predicted octanol–water partition coefficient (Wildman–Crippen LogP) is 1.97. The summed E-state index contributed by atoms with van der Waals surface area (Å²) in [6, 6.07) is 9.53. The quantitative estimate of drug-likeness (QED) is 0.0577. The minimum atomic E-state index is -1.62. The normalized spacial score (nSPS) is 13.8. The second-order valence-corrected chi connectivity index (χ2v) is 16.7. The first-order valence-electron chi connectivity index (χ1n) is 20.2. The number of amides is 6. The third-order valence-corrected chi connectivity index (χ3v) is 9.46. The molecule has 2 aromatic carbocycles. The summed E-state index contributed by atoms with van der Waals surface area (Å²) in [5.41, 5.74) is 1.30. The Hall–Kier alpha value is -5.49. The average molecular weight is 839 g/mol. The molecular weight excluding hydrogens is 775 g/mol. The summed E-state index contributed by atoms with van der Waals surface area (Å²) >= 11 is 0. The molecule has 5 atom stereocenters. The SMILES string of the molecule is Cc1ccccc1C[C@H](NC(=O)[C@H](NC(=O)[C@H](CC(=O)O)NC(=O)OCc1ccccc1)C(C)C)C(=O)N[C@H](C(=O)N[C@@H](CC(C)C)C(=O)NCCCB(O)O)C(C)(C)C. The second-order valence-electron chi connectivity index (χ2n) is 16.7. The number of nitrogens with one attached hydrogen (secondary N) is 6. The lowest BCUT2D eigenvalue weighted by atomic mass is 9.84. The smallest absolute Gasteiger partial charge is 0.451 e. The second kappa shape index (κ2) is 24.6. The molecule has 60 heavy (non-hydrogen) atoms. The van der Waals surface area contributed by atoms with Crippen LogP contribution in [-0.2, 0) is 46.5 Å². The van der Waals surface area contributed by atoms with E-state index in [2.05, 4.69) is 31.9 Å². The first kappa shape index (κ1) is 50.7. The molecule has 0 aliphatic carbocycles. The lowest BCUT2D eigenvalue weighted by Gasteiger charge is -2.34. The fourth-order valence-corrected chi connectivity index (χ4v) is 6.11. The number of aryl methyl sites for hydroxylation is 1. The number of carboxylic acid groups (broad SMARTS) is 1. The van der Waals surface area contributed by atoms with Crippen LogP contribution < -0.4 is 31.9 Å². The van der Waals surface area contributed by atoms with Crippen LogP contribution in [0, 0.1) is 24.2 Å². The molecule has 0 bridgehead atoms. The lowest BCUT2D eigenvalue weighted by Crippen LogP contribution is -2.62. The molecule has 2 rings (SSSR count). The zero-order chi connectivity index (χ0) is 45.2. The van der Waals surface area contributed by atoms with Gasteiger partial charge in [-0.05, 0) is 60.0 Å². The fourth-order valence-electron chi connectivity index (χ4n) is 6.11. The van der Waals surface area contributed by atoms with Crippen molar-refractivity contribution in [3.8, 4) is 0 Å². The number of alkyl carbamates (subject to hydrolysis) is 1. The molecule has 0 aliphatic rings. The van der Waals surface area contributed by atoms with E-state index in [1.165, 1.54) is 0 Å². The number of rotatable bonds is 23. The van der Waals surface area contributed by atoms with Crippen LogP contribution in [0.4, 0.5) is 4.79 Å². The number of aliphatic carboxylic acids is 1. The van der Waals surface area contributed by atoms with E-state index in [0.29, 0.717) is 17.5 Å². The molecule has 330 valence electrons. The number of ether oxygens (including phenoxy) is 1. The van der Waals surface area contributed by atoms with Gasteiger partial charge in [-0.15, -0.1) is 0 Å². The standard InChI is InChI=1S/C42H63BN6O11/c1-25(2)21-30(36(52)44-20-14-19-43(58)59)46-40(56)35(42(6,7)8)49-38(54)31(22-29-18-13-12-15-27(29)5)45-39(55)34(26(3)4)48-37(53)32(23-33(50)51)47-41(57)60-24-28-16-10-9-11-17-28/h9-13,15-18,25-26,30-32,34-35,58-59H,14,19-24H2,1-8H3,(H,44,52)(H,45,55)(H,46,56)(H,47,57)(H,48,53)(H,49,54)(H,50,51)/t30-,31-,32-,34+,35+/m0/s1. The van der Waals surface area contributed by atoms with Gasteiger partial charge in [-0.25, -0.2) is 4.79 Å². The molecule has 0 unspecified atom stereocenters. The number of hydrogen-bond donors (Lipinski definition) is 9. The predicted molar refractivity (Wildman–Crippen MR) is 225 cm³/mol. The summed E-state index contributed by atoms with van der Waals surface area (Å²) in [5, 5.41) is 43.6. The van der Waals surface area contributed by atoms with Crippen molar-refractivity contribution in [2.45, 2.75) is 124 Å². The highest BCUT2D eigenvalue weighted by Crippen LogP contribution is 2.21. The molecule has 9 N–H and O–H groups in total. The molecule has 0 saturated heterocycles. The van der Waals surface area contributed by atoms with Crippen LogP contribution >= 0.6 is 0 Å². The molecule has 0 saturated carbocycles. The van der Waals surface area contributed by atoms with Gasteiger partial charge in [0.2, 0.25) is 29.5 Å². The van der Waals surface area contributed by atoms with Gasteiger partial charge in [0.05, 0.1) is 6.42 Å². The summed E-state index contributed by atoms with van der Waals surface area (Å²) in [6.45, 7) is 14.1. The van der Waals surface area contributed by atoms with E-state index in [1.54, 1.807) is 77.1 Å². The topological polar surface area (TPSA) is 262 Å². The molecule has 0 spiro atoms. The number of carboxylic acids is 1. The Morgan fingerprint density at radius 2 is 1.32 bits per heavy atom. The van der Waals surface area contributed by atoms with Crippen LogP contribution in [0.25, 0.3) is 0 Å². The number of carbonyl (C=O) groups excluding carboxylic acids is 6. The zero-order valence-corrected chi connectivity index (χ0v) is 35.9. The van der Waals surface area contributed by atoms with Crippen LogP contribution in [0.5, 0.6) is 0 Å². The first-order chi connectivity index (χ1) is 28.1. The Balaban J connectivity index is 2.35.